The van der Waals surface area contributed by atoms with E-state index < -0.39 is 0 Å². The first-order valence-electron chi connectivity index (χ1n) is 7.41. The second-order valence-corrected chi connectivity index (χ2v) is 6.96. The second-order valence-electron chi connectivity index (χ2n) is 5.50. The fourth-order valence-corrected chi connectivity index (χ4v) is 4.39. The Bertz CT molecular complexity index is 1070. The van der Waals surface area contributed by atoms with Gasteiger partial charge in [-0.1, -0.05) is 60.1 Å². The van der Waals surface area contributed by atoms with Gasteiger partial charge in [-0.2, -0.15) is 0 Å². The fraction of sp³-hybridized carbons (Fsp3) is 0.0500. The molecule has 0 bridgehead atoms. The molecule has 112 valence electrons. The van der Waals surface area contributed by atoms with Crippen LogP contribution in [0.2, 0.25) is 5.02 Å². The van der Waals surface area contributed by atoms with Gasteiger partial charge in [0.15, 0.2) is 5.43 Å². The predicted molar refractivity (Wildman–Crippen MR) is 99.9 cm³/mol. The molecule has 0 aliphatic heterocycles. The van der Waals surface area contributed by atoms with Gasteiger partial charge in [-0.25, -0.2) is 0 Å². The highest BCUT2D eigenvalue weighted by Crippen LogP contribution is 2.32. The lowest BCUT2D eigenvalue weighted by atomic mass is 10.0. The van der Waals surface area contributed by atoms with Crippen LogP contribution in [0.4, 0.5) is 0 Å². The highest BCUT2D eigenvalue weighted by Gasteiger charge is 2.12. The molecule has 0 aliphatic carbocycles. The minimum Gasteiger partial charge on any atom is -0.288 e. The zero-order valence-corrected chi connectivity index (χ0v) is 13.8. The minimum absolute atomic E-state index is 0.0225. The van der Waals surface area contributed by atoms with Crippen molar-refractivity contribution in [1.82, 2.24) is 0 Å². The first-order valence-corrected chi connectivity index (χ1v) is 8.60. The van der Waals surface area contributed by atoms with E-state index in [1.807, 2.05) is 54.6 Å². The molecule has 4 aromatic rings. The van der Waals surface area contributed by atoms with E-state index in [1.165, 1.54) is 5.56 Å². The average molecular weight is 337 g/mol. The fourth-order valence-electron chi connectivity index (χ4n) is 2.87. The van der Waals surface area contributed by atoms with Gasteiger partial charge < -0.3 is 0 Å². The third kappa shape index (κ3) is 2.54. The van der Waals surface area contributed by atoms with Gasteiger partial charge >= 0.3 is 0 Å². The van der Waals surface area contributed by atoms with Crippen molar-refractivity contribution in [3.8, 4) is 0 Å². The number of benzene rings is 3. The monoisotopic (exact) mass is 336 g/mol. The third-order valence-electron chi connectivity index (χ3n) is 4.00. The number of fused-ring (bicyclic) bond motifs is 2. The number of halogens is 1. The van der Waals surface area contributed by atoms with Crippen molar-refractivity contribution in [2.45, 2.75) is 6.42 Å². The molecule has 3 aromatic carbocycles. The highest BCUT2D eigenvalue weighted by molar-refractivity contribution is 7.24. The summed E-state index contributed by atoms with van der Waals surface area (Å²) in [6.07, 6.45) is 0.794. The zero-order valence-electron chi connectivity index (χ0n) is 12.3. The molecule has 1 aromatic heterocycles. The Kier molecular flexibility index (Phi) is 3.64. The summed E-state index contributed by atoms with van der Waals surface area (Å²) in [6.45, 7) is 0. The molecule has 0 N–H and O–H groups in total. The molecule has 23 heavy (non-hydrogen) atoms. The van der Waals surface area contributed by atoms with E-state index in [-0.39, 0.29) is 5.43 Å². The van der Waals surface area contributed by atoms with Crippen LogP contribution in [0.15, 0.2) is 71.5 Å². The molecule has 0 aliphatic rings. The topological polar surface area (TPSA) is 17.1 Å². The van der Waals surface area contributed by atoms with Gasteiger partial charge in [0.25, 0.3) is 0 Å². The lowest BCUT2D eigenvalue weighted by Crippen LogP contribution is -2.03. The largest absolute Gasteiger partial charge is 0.288 e. The second kappa shape index (κ2) is 5.80. The molecule has 0 amide bonds. The van der Waals surface area contributed by atoms with Crippen LogP contribution < -0.4 is 5.43 Å². The van der Waals surface area contributed by atoms with Gasteiger partial charge in [0.2, 0.25) is 0 Å². The minimum atomic E-state index is 0.0225. The van der Waals surface area contributed by atoms with E-state index in [0.717, 1.165) is 26.8 Å². The Balaban J connectivity index is 2.03. The van der Waals surface area contributed by atoms with Crippen molar-refractivity contribution in [1.29, 1.82) is 0 Å². The van der Waals surface area contributed by atoms with E-state index in [4.69, 9.17) is 11.6 Å². The van der Waals surface area contributed by atoms with Crippen LogP contribution >= 0.6 is 22.9 Å². The molecule has 0 unspecified atom stereocenters. The molecule has 0 radical (unpaired) electrons. The first kappa shape index (κ1) is 14.4. The summed E-state index contributed by atoms with van der Waals surface area (Å²) >= 11 is 7.99. The SMILES string of the molecule is O=c1c2ccccc2sc2c(Cc3ccccc3)ccc(Cl)c12. The molecule has 0 atom stereocenters. The lowest BCUT2D eigenvalue weighted by molar-refractivity contribution is 1.22. The summed E-state index contributed by atoms with van der Waals surface area (Å²) in [7, 11) is 0. The maximum Gasteiger partial charge on any atom is 0.197 e. The maximum absolute atomic E-state index is 12.8. The van der Waals surface area contributed by atoms with Gasteiger partial charge in [-0.05, 0) is 35.7 Å². The van der Waals surface area contributed by atoms with Crippen molar-refractivity contribution in [3.63, 3.8) is 0 Å². The lowest BCUT2D eigenvalue weighted by Gasteiger charge is -2.09. The van der Waals surface area contributed by atoms with Gasteiger partial charge in [0.05, 0.1) is 10.4 Å². The molecule has 4 rings (SSSR count). The summed E-state index contributed by atoms with van der Waals surface area (Å²) in [5.41, 5.74) is 2.39. The van der Waals surface area contributed by atoms with E-state index in [9.17, 15) is 4.79 Å². The van der Waals surface area contributed by atoms with Crippen molar-refractivity contribution in [2.75, 3.05) is 0 Å². The van der Waals surface area contributed by atoms with E-state index >= 15 is 0 Å². The van der Waals surface area contributed by atoms with Gasteiger partial charge in [-0.3, -0.25) is 4.79 Å². The Labute approximate surface area is 142 Å². The summed E-state index contributed by atoms with van der Waals surface area (Å²) in [4.78, 5) is 12.8. The van der Waals surface area contributed by atoms with Gasteiger partial charge in [0, 0.05) is 14.8 Å². The van der Waals surface area contributed by atoms with E-state index in [2.05, 4.69) is 12.1 Å². The van der Waals surface area contributed by atoms with Gasteiger partial charge in [-0.15, -0.1) is 11.3 Å². The maximum atomic E-state index is 12.8. The molecule has 3 heteroatoms. The summed E-state index contributed by atoms with van der Waals surface area (Å²) in [6, 6.07) is 21.9. The number of hydrogen-bond donors (Lipinski definition) is 0. The van der Waals surface area contributed by atoms with Crippen molar-refractivity contribution in [2.24, 2.45) is 0 Å². The third-order valence-corrected chi connectivity index (χ3v) is 5.56. The zero-order chi connectivity index (χ0) is 15.8. The summed E-state index contributed by atoms with van der Waals surface area (Å²) < 4.78 is 1.99. The number of rotatable bonds is 2. The first-order chi connectivity index (χ1) is 11.2. The van der Waals surface area contributed by atoms with Crippen LogP contribution in [0.5, 0.6) is 0 Å². The van der Waals surface area contributed by atoms with Crippen molar-refractivity contribution >= 4 is 43.1 Å². The highest BCUT2D eigenvalue weighted by atomic mass is 35.5. The number of hydrogen-bond acceptors (Lipinski definition) is 2. The molecule has 0 fully saturated rings. The van der Waals surface area contributed by atoms with Crippen LogP contribution in [-0.4, -0.2) is 0 Å². The summed E-state index contributed by atoms with van der Waals surface area (Å²) in [5.74, 6) is 0. The smallest absolute Gasteiger partial charge is 0.197 e. The van der Waals surface area contributed by atoms with Gasteiger partial charge in [0.1, 0.15) is 0 Å². The Morgan fingerprint density at radius 2 is 1.61 bits per heavy atom. The predicted octanol–water partition coefficient (Wildman–Crippen LogP) is 5.66. The molecular weight excluding hydrogens is 324 g/mol. The molecule has 1 nitrogen and oxygen atoms in total. The quantitative estimate of drug-likeness (QED) is 0.432. The van der Waals surface area contributed by atoms with Crippen LogP contribution in [0.25, 0.3) is 20.2 Å². The Morgan fingerprint density at radius 3 is 2.43 bits per heavy atom. The average Bonchev–Trinajstić information content (AvgIpc) is 2.58. The van der Waals surface area contributed by atoms with Crippen molar-refractivity contribution < 1.29 is 0 Å². The van der Waals surface area contributed by atoms with Crippen LogP contribution in [0, 0.1) is 0 Å². The summed E-state index contributed by atoms with van der Waals surface area (Å²) in [5, 5.41) is 1.91. The molecule has 1 heterocycles. The molecule has 0 spiro atoms. The van der Waals surface area contributed by atoms with Crippen LogP contribution in [-0.2, 0) is 6.42 Å². The molecule has 0 saturated carbocycles. The van der Waals surface area contributed by atoms with Crippen molar-refractivity contribution in [3.05, 3.63) is 93.1 Å². The Hall–Kier alpha value is -2.16. The van der Waals surface area contributed by atoms with Crippen LogP contribution in [0.1, 0.15) is 11.1 Å². The Morgan fingerprint density at radius 1 is 0.870 bits per heavy atom. The molecular formula is C20H13ClOS. The molecule has 0 saturated heterocycles. The normalized spacial score (nSPS) is 11.2. The standard InChI is InChI=1S/C20H13ClOS/c21-16-11-10-14(12-13-6-2-1-3-7-13)20-18(16)19(22)15-8-4-5-9-17(15)23-20/h1-11H,12H2. The van der Waals surface area contributed by atoms with Crippen LogP contribution in [0.3, 0.4) is 0 Å². The van der Waals surface area contributed by atoms with E-state index in [1.54, 1.807) is 11.3 Å². The van der Waals surface area contributed by atoms with E-state index in [0.29, 0.717) is 10.4 Å².